The number of aryl methyl sites for hydroxylation is 1. The second kappa shape index (κ2) is 6.31. The zero-order valence-electron chi connectivity index (χ0n) is 17.9. The van der Waals surface area contributed by atoms with Gasteiger partial charge in [-0.15, -0.1) is 0 Å². The van der Waals surface area contributed by atoms with Crippen LogP contribution in [-0.2, 0) is 9.53 Å². The Labute approximate surface area is 179 Å². The summed E-state index contributed by atoms with van der Waals surface area (Å²) in [7, 11) is 0. The van der Waals surface area contributed by atoms with Gasteiger partial charge in [-0.25, -0.2) is 4.79 Å². The van der Waals surface area contributed by atoms with Gasteiger partial charge in [-0.05, 0) is 42.9 Å². The summed E-state index contributed by atoms with van der Waals surface area (Å²) >= 11 is 0. The van der Waals surface area contributed by atoms with Crippen LogP contribution in [0.1, 0.15) is 49.5 Å². The number of ether oxygens (including phenoxy) is 1. The maximum Gasteiger partial charge on any atom is 0.342 e. The van der Waals surface area contributed by atoms with Gasteiger partial charge in [-0.3, -0.25) is 4.79 Å². The van der Waals surface area contributed by atoms with Gasteiger partial charge >= 0.3 is 5.97 Å². The number of hydrogen-bond acceptors (Lipinski definition) is 8. The van der Waals surface area contributed by atoms with Gasteiger partial charge in [-0.1, -0.05) is 20.8 Å². The number of aromatic hydroxyl groups is 2. The molecule has 2 fully saturated rings. The normalized spacial score (nSPS) is 40.2. The van der Waals surface area contributed by atoms with Crippen LogP contribution in [0.5, 0.6) is 11.5 Å². The van der Waals surface area contributed by atoms with Gasteiger partial charge in [0.1, 0.15) is 35.1 Å². The number of hydrogen-bond donors (Lipinski definition) is 5. The number of aliphatic hydroxyl groups is 3. The van der Waals surface area contributed by atoms with E-state index in [9.17, 15) is 35.1 Å². The van der Waals surface area contributed by atoms with E-state index in [-0.39, 0.29) is 35.3 Å². The Bertz CT molecular complexity index is 990. The fourth-order valence-electron chi connectivity index (χ4n) is 6.35. The highest BCUT2D eigenvalue weighted by Crippen LogP contribution is 2.69. The van der Waals surface area contributed by atoms with E-state index in [1.165, 1.54) is 19.1 Å². The zero-order valence-corrected chi connectivity index (χ0v) is 17.9. The van der Waals surface area contributed by atoms with Crippen molar-refractivity contribution in [1.82, 2.24) is 0 Å². The molecule has 0 aliphatic heterocycles. The average Bonchev–Trinajstić information content (AvgIpc) is 2.81. The van der Waals surface area contributed by atoms with Crippen molar-refractivity contribution < 1.29 is 39.9 Å². The van der Waals surface area contributed by atoms with Crippen molar-refractivity contribution in [2.24, 2.45) is 16.7 Å². The monoisotopic (exact) mass is 432 g/mol. The Morgan fingerprint density at radius 1 is 1.19 bits per heavy atom. The molecule has 168 valence electrons. The summed E-state index contributed by atoms with van der Waals surface area (Å²) in [6.45, 7) is 6.83. The van der Waals surface area contributed by atoms with E-state index in [1.807, 2.05) is 13.8 Å². The number of carbonyl (C=O) groups is 2. The van der Waals surface area contributed by atoms with Crippen molar-refractivity contribution in [3.05, 3.63) is 34.9 Å². The molecule has 0 saturated heterocycles. The number of aliphatic hydroxyl groups excluding tert-OH is 1. The quantitative estimate of drug-likeness (QED) is 0.356. The van der Waals surface area contributed by atoms with Crippen molar-refractivity contribution in [3.8, 4) is 11.5 Å². The molecule has 0 heterocycles. The van der Waals surface area contributed by atoms with Crippen molar-refractivity contribution in [2.45, 2.75) is 63.9 Å². The second-order valence-corrected chi connectivity index (χ2v) is 10.2. The molecule has 3 aliphatic carbocycles. The Morgan fingerprint density at radius 3 is 2.42 bits per heavy atom. The predicted octanol–water partition coefficient (Wildman–Crippen LogP) is 1.35. The molecule has 0 aromatic heterocycles. The predicted molar refractivity (Wildman–Crippen MR) is 108 cm³/mol. The van der Waals surface area contributed by atoms with Gasteiger partial charge in [-0.2, -0.15) is 0 Å². The Morgan fingerprint density at radius 2 is 1.84 bits per heavy atom. The second-order valence-electron chi connectivity index (χ2n) is 10.2. The molecule has 31 heavy (non-hydrogen) atoms. The maximum atomic E-state index is 12.8. The molecule has 3 aliphatic rings. The van der Waals surface area contributed by atoms with E-state index in [0.717, 1.165) is 6.07 Å². The van der Waals surface area contributed by atoms with Gasteiger partial charge in [0.2, 0.25) is 0 Å². The molecular weight excluding hydrogens is 404 g/mol. The third kappa shape index (κ3) is 2.65. The molecular formula is C23H28O8. The standard InChI is InChI=1S/C23H28O8/c1-11-5-13(25)6-14(26)16(11)19(28)31-15-8-21(4)17-18(27)20(2,3)10-22(17,29)7-12(9-24)23(15,21)30/h5-7,9,15,17-18,25-27,29-30H,8,10H2,1-4H3/t15-,17?,18-,21-,22+,23+/m1/s1. The summed E-state index contributed by atoms with van der Waals surface area (Å²) in [5.74, 6) is -2.35. The number of phenols is 2. The molecule has 6 atom stereocenters. The van der Waals surface area contributed by atoms with E-state index >= 15 is 0 Å². The van der Waals surface area contributed by atoms with Crippen molar-refractivity contribution in [3.63, 3.8) is 0 Å². The Kier molecular flexibility index (Phi) is 4.44. The van der Waals surface area contributed by atoms with Crippen LogP contribution in [0.15, 0.2) is 23.8 Å². The fourth-order valence-corrected chi connectivity index (χ4v) is 6.35. The summed E-state index contributed by atoms with van der Waals surface area (Å²) in [6, 6.07) is 2.31. The SMILES string of the molecule is Cc1cc(O)cc(O)c1C(=O)O[C@@H]1C[C@]2(C)C3[C@@H](O)C(C)(C)C[C@@]3(O)C=C(C=O)[C@]12O. The summed E-state index contributed by atoms with van der Waals surface area (Å²) in [5, 5.41) is 53.6. The minimum atomic E-state index is -1.90. The van der Waals surface area contributed by atoms with Gasteiger partial charge in [0.25, 0.3) is 0 Å². The molecule has 0 radical (unpaired) electrons. The molecule has 0 bridgehead atoms. The van der Waals surface area contributed by atoms with Gasteiger partial charge < -0.3 is 30.3 Å². The number of phenolic OH excluding ortho intramolecular Hbond substituents is 2. The molecule has 2 saturated carbocycles. The highest BCUT2D eigenvalue weighted by atomic mass is 16.6. The number of carbonyl (C=O) groups excluding carboxylic acids is 2. The first kappa shape index (κ1) is 21.8. The first-order valence-corrected chi connectivity index (χ1v) is 10.3. The van der Waals surface area contributed by atoms with Crippen LogP contribution >= 0.6 is 0 Å². The lowest BCUT2D eigenvalue weighted by atomic mass is 9.43. The van der Waals surface area contributed by atoms with Gasteiger partial charge in [0.15, 0.2) is 0 Å². The summed E-state index contributed by atoms with van der Waals surface area (Å²) < 4.78 is 5.52. The highest BCUT2D eigenvalue weighted by molar-refractivity contribution is 5.94. The van der Waals surface area contributed by atoms with E-state index in [4.69, 9.17) is 4.74 Å². The van der Waals surface area contributed by atoms with Crippen LogP contribution in [0.25, 0.3) is 0 Å². The minimum absolute atomic E-state index is 0.0886. The Balaban J connectivity index is 1.72. The first-order chi connectivity index (χ1) is 14.2. The number of aldehydes is 1. The molecule has 5 N–H and O–H groups in total. The Hall–Kier alpha value is -2.42. The van der Waals surface area contributed by atoms with Crippen LogP contribution in [0.2, 0.25) is 0 Å². The van der Waals surface area contributed by atoms with Crippen LogP contribution < -0.4 is 0 Å². The van der Waals surface area contributed by atoms with Gasteiger partial charge in [0, 0.05) is 23.0 Å². The van der Waals surface area contributed by atoms with Crippen molar-refractivity contribution in [1.29, 1.82) is 0 Å². The van der Waals surface area contributed by atoms with Crippen LogP contribution in [-0.4, -0.2) is 61.2 Å². The van der Waals surface area contributed by atoms with Crippen LogP contribution in [0.4, 0.5) is 0 Å². The number of fused-ring (bicyclic) bond motifs is 3. The lowest BCUT2D eigenvalue weighted by Gasteiger charge is -2.66. The lowest BCUT2D eigenvalue weighted by Crippen LogP contribution is -2.76. The molecule has 0 amide bonds. The number of benzene rings is 1. The van der Waals surface area contributed by atoms with Crippen molar-refractivity contribution in [2.75, 3.05) is 0 Å². The molecule has 1 aromatic carbocycles. The van der Waals surface area contributed by atoms with E-state index in [0.29, 0.717) is 6.29 Å². The van der Waals surface area contributed by atoms with E-state index in [1.54, 1.807) is 6.92 Å². The molecule has 8 heteroatoms. The first-order valence-electron chi connectivity index (χ1n) is 10.3. The lowest BCUT2D eigenvalue weighted by molar-refractivity contribution is -0.272. The zero-order chi connectivity index (χ0) is 23.1. The third-order valence-electron chi connectivity index (χ3n) is 7.75. The van der Waals surface area contributed by atoms with Crippen LogP contribution in [0.3, 0.4) is 0 Å². The summed E-state index contributed by atoms with van der Waals surface area (Å²) in [5.41, 5.74) is -5.08. The number of rotatable bonds is 3. The van der Waals surface area contributed by atoms with E-state index in [2.05, 4.69) is 0 Å². The summed E-state index contributed by atoms with van der Waals surface area (Å²) in [4.78, 5) is 24.7. The smallest absolute Gasteiger partial charge is 0.342 e. The minimum Gasteiger partial charge on any atom is -0.508 e. The molecule has 8 nitrogen and oxygen atoms in total. The topological polar surface area (TPSA) is 145 Å². The molecule has 0 spiro atoms. The number of esters is 1. The van der Waals surface area contributed by atoms with E-state index < -0.39 is 51.9 Å². The summed E-state index contributed by atoms with van der Waals surface area (Å²) in [6.07, 6.45) is 0.0207. The molecule has 1 unspecified atom stereocenters. The average molecular weight is 432 g/mol. The molecule has 4 rings (SSSR count). The molecule has 1 aromatic rings. The third-order valence-corrected chi connectivity index (χ3v) is 7.75. The highest BCUT2D eigenvalue weighted by Gasteiger charge is 2.77. The van der Waals surface area contributed by atoms with Crippen LogP contribution in [0, 0.1) is 23.7 Å². The van der Waals surface area contributed by atoms with Gasteiger partial charge in [0.05, 0.1) is 11.7 Å². The van der Waals surface area contributed by atoms with Crippen molar-refractivity contribution >= 4 is 12.3 Å². The fraction of sp³-hybridized carbons (Fsp3) is 0.565. The largest absolute Gasteiger partial charge is 0.508 e. The maximum absolute atomic E-state index is 12.8.